The van der Waals surface area contributed by atoms with E-state index < -0.39 is 10.2 Å². The van der Waals surface area contributed by atoms with E-state index in [4.69, 9.17) is 65.0 Å². The van der Waals surface area contributed by atoms with E-state index in [0.717, 1.165) is 0 Å². The van der Waals surface area contributed by atoms with Crippen molar-refractivity contribution < 1.29 is 37.5 Å². The Balaban J connectivity index is -0.0000000331. The van der Waals surface area contributed by atoms with Crippen LogP contribution in [0.5, 0.6) is 0 Å². The van der Waals surface area contributed by atoms with Gasteiger partial charge in [-0.15, -0.1) is 0 Å². The number of hydrogen-bond acceptors (Lipinski definition) is 12. The van der Waals surface area contributed by atoms with E-state index in [0.29, 0.717) is 39.3 Å². The minimum atomic E-state index is -1.75. The molecular weight excluding hydrogens is 393 g/mol. The second kappa shape index (κ2) is 50.8. The fourth-order valence-electron chi connectivity index (χ4n) is 0. The second-order valence-corrected chi connectivity index (χ2v) is 2.18. The molecule has 14 nitrogen and oxygen atoms in total. The van der Waals surface area contributed by atoms with Crippen LogP contribution in [0.1, 0.15) is 0 Å². The zero-order chi connectivity index (χ0) is 17.4. The molecule has 0 amide bonds. The predicted octanol–water partition coefficient (Wildman–Crippen LogP) is -3.77. The molecule has 0 aliphatic carbocycles. The molecule has 0 fully saturated rings. The van der Waals surface area contributed by atoms with Gasteiger partial charge in [0.1, 0.15) is 0 Å². The van der Waals surface area contributed by atoms with Gasteiger partial charge in [0.2, 0.25) is 0 Å². The van der Waals surface area contributed by atoms with E-state index in [1.54, 1.807) is 0 Å². The molecule has 0 atom stereocenters. The maximum atomic E-state index is 8.25. The Morgan fingerprint density at radius 2 is 0.571 bits per heavy atom. The van der Waals surface area contributed by atoms with Crippen LogP contribution < -0.4 is 34.4 Å². The molecule has 0 aliphatic rings. The van der Waals surface area contributed by atoms with Crippen LogP contribution in [-0.4, -0.2) is 49.4 Å². The van der Waals surface area contributed by atoms with Crippen molar-refractivity contribution in [3.8, 4) is 0 Å². The average Bonchev–Trinajstić information content (AvgIpc) is 2.37. The van der Waals surface area contributed by atoms with Gasteiger partial charge in [0, 0.05) is 39.3 Å². The number of rotatable bonds is 3. The summed E-state index contributed by atoms with van der Waals surface area (Å²) in [5, 5.41) is 29.5. The van der Waals surface area contributed by atoms with Gasteiger partial charge in [0.15, 0.2) is 0 Å². The number of hydrogen-bond donors (Lipinski definition) is 6. The molecule has 0 aliphatic heterocycles. The summed E-state index contributed by atoms with van der Waals surface area (Å²) in [4.78, 5) is 16.5. The molecule has 0 aromatic heterocycles. The molecule has 0 rings (SSSR count). The van der Waals surface area contributed by atoms with Crippen LogP contribution in [0.2, 0.25) is 0 Å². The van der Waals surface area contributed by atoms with Crippen molar-refractivity contribution in [1.29, 1.82) is 0 Å². The number of nitrogens with zero attached hydrogens (tertiary/aromatic N) is 2. The Labute approximate surface area is 142 Å². The van der Waals surface area contributed by atoms with Crippen LogP contribution in [0.3, 0.4) is 0 Å². The van der Waals surface area contributed by atoms with Crippen LogP contribution in [-0.2, 0) is 27.3 Å². The SMILES string of the molecule is NCCN.NCCN.NCCN.O=[N+]([O-])[O-].O=[N+]([O-])[O-].[Cd+2]. The van der Waals surface area contributed by atoms with Crippen molar-refractivity contribution >= 4 is 0 Å². The van der Waals surface area contributed by atoms with Crippen molar-refractivity contribution in [2.45, 2.75) is 0 Å². The van der Waals surface area contributed by atoms with E-state index in [9.17, 15) is 0 Å². The van der Waals surface area contributed by atoms with E-state index in [-0.39, 0.29) is 27.3 Å². The van der Waals surface area contributed by atoms with Gasteiger partial charge < -0.3 is 65.0 Å². The van der Waals surface area contributed by atoms with E-state index in [1.165, 1.54) is 0 Å². The maximum absolute atomic E-state index is 8.25. The molecular formula is C6H24CdN8O6. The van der Waals surface area contributed by atoms with Gasteiger partial charge >= 0.3 is 27.3 Å². The molecule has 0 saturated carbocycles. The fourth-order valence-corrected chi connectivity index (χ4v) is 0. The van der Waals surface area contributed by atoms with Crippen LogP contribution in [0.25, 0.3) is 0 Å². The molecule has 0 bridgehead atoms. The molecule has 0 saturated heterocycles. The smallest absolute Gasteiger partial charge is 0.356 e. The van der Waals surface area contributed by atoms with Gasteiger partial charge in [-0.3, -0.25) is 0 Å². The normalized spacial score (nSPS) is 6.57. The third kappa shape index (κ3) is 1280. The molecule has 0 unspecified atom stereocenters. The molecule has 0 aromatic rings. The minimum absolute atomic E-state index is 0. The third-order valence-electron chi connectivity index (χ3n) is 0.500. The molecule has 15 heteroatoms. The summed E-state index contributed by atoms with van der Waals surface area (Å²) < 4.78 is 0. The Kier molecular flexibility index (Phi) is 89.2. The van der Waals surface area contributed by atoms with Gasteiger partial charge in [-0.1, -0.05) is 0 Å². The molecule has 12 N–H and O–H groups in total. The van der Waals surface area contributed by atoms with Gasteiger partial charge in [0.05, 0.1) is 10.2 Å². The Morgan fingerprint density at radius 1 is 0.524 bits per heavy atom. The second-order valence-electron chi connectivity index (χ2n) is 2.18. The van der Waals surface area contributed by atoms with Gasteiger partial charge in [-0.25, -0.2) is 0 Å². The Hall–Kier alpha value is -0.918. The Bertz CT molecular complexity index is 144. The van der Waals surface area contributed by atoms with Crippen molar-refractivity contribution in [3.63, 3.8) is 0 Å². The first-order valence-corrected chi connectivity index (χ1v) is 5.04. The molecule has 0 spiro atoms. The largest absolute Gasteiger partial charge is 2.00 e. The van der Waals surface area contributed by atoms with Crippen molar-refractivity contribution in [2.24, 2.45) is 34.4 Å². The first-order chi connectivity index (χ1) is 9.21. The van der Waals surface area contributed by atoms with Crippen molar-refractivity contribution in [3.05, 3.63) is 30.6 Å². The topological polar surface area (TPSA) is 289 Å². The molecule has 0 aromatic carbocycles. The summed E-state index contributed by atoms with van der Waals surface area (Å²) >= 11 is 0. The first-order valence-electron chi connectivity index (χ1n) is 5.04. The van der Waals surface area contributed by atoms with Gasteiger partial charge in [-0.05, 0) is 0 Å². The molecule has 0 radical (unpaired) electrons. The molecule has 0 heterocycles. The van der Waals surface area contributed by atoms with Crippen LogP contribution in [0, 0.1) is 30.6 Å². The van der Waals surface area contributed by atoms with E-state index in [2.05, 4.69) is 0 Å². The standard InChI is InChI=1S/3C2H8N2.Cd.2NO3/c3*3-1-2-4;;2*2-1(3)4/h3*1-4H2;;;/q;;;+2;2*-1. The van der Waals surface area contributed by atoms with Gasteiger partial charge in [0.25, 0.3) is 0 Å². The predicted molar refractivity (Wildman–Crippen MR) is 75.0 cm³/mol. The molecule has 126 valence electrons. The van der Waals surface area contributed by atoms with Crippen LogP contribution in [0.15, 0.2) is 0 Å². The summed E-state index contributed by atoms with van der Waals surface area (Å²) in [6.45, 7) is 3.58. The van der Waals surface area contributed by atoms with Crippen molar-refractivity contribution in [2.75, 3.05) is 39.3 Å². The Morgan fingerprint density at radius 3 is 0.571 bits per heavy atom. The summed E-state index contributed by atoms with van der Waals surface area (Å²) in [5.74, 6) is 0. The zero-order valence-electron chi connectivity index (χ0n) is 11.8. The monoisotopic (exact) mass is 418 g/mol. The number of nitrogens with two attached hydrogens (primary N) is 6. The molecule has 21 heavy (non-hydrogen) atoms. The third-order valence-corrected chi connectivity index (χ3v) is 0.500. The fraction of sp³-hybridized carbons (Fsp3) is 1.00. The summed E-state index contributed by atoms with van der Waals surface area (Å²) in [5.41, 5.74) is 29.4. The van der Waals surface area contributed by atoms with Crippen LogP contribution >= 0.6 is 0 Å². The van der Waals surface area contributed by atoms with Crippen LogP contribution in [0.4, 0.5) is 0 Å². The van der Waals surface area contributed by atoms with Crippen molar-refractivity contribution in [1.82, 2.24) is 0 Å². The quantitative estimate of drug-likeness (QED) is 0.147. The summed E-state index contributed by atoms with van der Waals surface area (Å²) in [6, 6.07) is 0. The minimum Gasteiger partial charge on any atom is -0.356 e. The van der Waals surface area contributed by atoms with Gasteiger partial charge in [-0.2, -0.15) is 0 Å². The maximum Gasteiger partial charge on any atom is 2.00 e. The zero-order valence-corrected chi connectivity index (χ0v) is 15.8. The summed E-state index contributed by atoms with van der Waals surface area (Å²) in [7, 11) is 0. The average molecular weight is 417 g/mol. The van der Waals surface area contributed by atoms with E-state index >= 15 is 0 Å². The first kappa shape index (κ1) is 36.9. The van der Waals surface area contributed by atoms with E-state index in [1.807, 2.05) is 0 Å². The summed E-state index contributed by atoms with van der Waals surface area (Å²) in [6.07, 6.45) is 0.